The summed E-state index contributed by atoms with van der Waals surface area (Å²) in [6.45, 7) is 5.63. The van der Waals surface area contributed by atoms with Crippen molar-refractivity contribution in [2.24, 2.45) is 5.92 Å². The number of nitrogens with one attached hydrogen (secondary N) is 1. The van der Waals surface area contributed by atoms with Crippen LogP contribution < -0.4 is 5.32 Å². The predicted molar refractivity (Wildman–Crippen MR) is 78.2 cm³/mol. The fourth-order valence-corrected chi connectivity index (χ4v) is 2.73. The van der Waals surface area contributed by atoms with Gasteiger partial charge in [0.1, 0.15) is 5.82 Å². The van der Waals surface area contributed by atoms with Crippen LogP contribution in [0.5, 0.6) is 0 Å². The van der Waals surface area contributed by atoms with Crippen LogP contribution >= 0.6 is 0 Å². The van der Waals surface area contributed by atoms with Crippen LogP contribution in [0.1, 0.15) is 36.5 Å². The Morgan fingerprint density at radius 2 is 2.15 bits per heavy atom. The van der Waals surface area contributed by atoms with E-state index in [1.165, 1.54) is 12.1 Å². The van der Waals surface area contributed by atoms with Crippen LogP contribution in [-0.4, -0.2) is 37.0 Å². The number of hydrogen-bond donors (Lipinski definition) is 1. The fraction of sp³-hybridized carbons (Fsp3) is 0.562. The standard InChI is InChI=1S/C16H23FN2O/c1-2-10-19(12-13-6-8-18-9-7-13)16(20)14-4-3-5-15(17)11-14/h3-5,11,13,18H,2,6-10,12H2,1H3. The van der Waals surface area contributed by atoms with Gasteiger partial charge in [0.2, 0.25) is 0 Å². The molecule has 1 aliphatic heterocycles. The number of halogens is 1. The molecule has 0 saturated carbocycles. The predicted octanol–water partition coefficient (Wildman–Crippen LogP) is 2.68. The maximum absolute atomic E-state index is 13.3. The smallest absolute Gasteiger partial charge is 0.253 e. The second-order valence-corrected chi connectivity index (χ2v) is 5.45. The zero-order valence-corrected chi connectivity index (χ0v) is 12.1. The molecule has 0 aromatic heterocycles. The Bertz CT molecular complexity index is 444. The Morgan fingerprint density at radius 3 is 2.80 bits per heavy atom. The molecule has 1 aromatic rings. The minimum Gasteiger partial charge on any atom is -0.338 e. The molecule has 0 unspecified atom stereocenters. The second-order valence-electron chi connectivity index (χ2n) is 5.45. The third-order valence-electron chi connectivity index (χ3n) is 3.79. The molecule has 4 heteroatoms. The summed E-state index contributed by atoms with van der Waals surface area (Å²) in [5.74, 6) is 0.152. The molecule has 0 radical (unpaired) electrons. The SMILES string of the molecule is CCCN(CC1CCNCC1)C(=O)c1cccc(F)c1. The average molecular weight is 278 g/mol. The molecule has 1 aliphatic rings. The summed E-state index contributed by atoms with van der Waals surface area (Å²) in [5.41, 5.74) is 0.451. The van der Waals surface area contributed by atoms with E-state index in [-0.39, 0.29) is 11.7 Å². The van der Waals surface area contributed by atoms with Crippen molar-refractivity contribution in [2.75, 3.05) is 26.2 Å². The number of carbonyl (C=O) groups excluding carboxylic acids is 1. The third kappa shape index (κ3) is 4.04. The van der Waals surface area contributed by atoms with Gasteiger partial charge in [-0.25, -0.2) is 4.39 Å². The molecular formula is C16H23FN2O. The molecule has 3 nitrogen and oxygen atoms in total. The van der Waals surface area contributed by atoms with Crippen LogP contribution in [0, 0.1) is 11.7 Å². The topological polar surface area (TPSA) is 32.3 Å². The van der Waals surface area contributed by atoms with Gasteiger partial charge in [-0.3, -0.25) is 4.79 Å². The van der Waals surface area contributed by atoms with Gasteiger partial charge in [-0.15, -0.1) is 0 Å². The summed E-state index contributed by atoms with van der Waals surface area (Å²) in [5, 5.41) is 3.34. The van der Waals surface area contributed by atoms with E-state index in [2.05, 4.69) is 12.2 Å². The highest BCUT2D eigenvalue weighted by molar-refractivity contribution is 5.94. The third-order valence-corrected chi connectivity index (χ3v) is 3.79. The van der Waals surface area contributed by atoms with Gasteiger partial charge in [0.25, 0.3) is 5.91 Å². The molecule has 1 N–H and O–H groups in total. The molecule has 20 heavy (non-hydrogen) atoms. The molecule has 1 aromatic carbocycles. The number of piperidine rings is 1. The maximum Gasteiger partial charge on any atom is 0.253 e. The van der Waals surface area contributed by atoms with Gasteiger partial charge in [-0.2, -0.15) is 0 Å². The largest absolute Gasteiger partial charge is 0.338 e. The van der Waals surface area contributed by atoms with Crippen LogP contribution in [0.3, 0.4) is 0 Å². The van der Waals surface area contributed by atoms with Crippen molar-refractivity contribution < 1.29 is 9.18 Å². The number of benzene rings is 1. The number of carbonyl (C=O) groups is 1. The van der Waals surface area contributed by atoms with Crippen molar-refractivity contribution in [3.05, 3.63) is 35.6 Å². The zero-order valence-electron chi connectivity index (χ0n) is 12.1. The molecule has 110 valence electrons. The van der Waals surface area contributed by atoms with Crippen molar-refractivity contribution in [3.63, 3.8) is 0 Å². The number of hydrogen-bond acceptors (Lipinski definition) is 2. The zero-order chi connectivity index (χ0) is 14.4. The normalized spacial score (nSPS) is 16.1. The Labute approximate surface area is 120 Å². The number of nitrogens with zero attached hydrogens (tertiary/aromatic N) is 1. The second kappa shape index (κ2) is 7.39. The lowest BCUT2D eigenvalue weighted by molar-refractivity contribution is 0.0716. The minimum atomic E-state index is -0.353. The monoisotopic (exact) mass is 278 g/mol. The molecule has 1 saturated heterocycles. The van der Waals surface area contributed by atoms with Crippen molar-refractivity contribution >= 4 is 5.91 Å². The molecule has 1 heterocycles. The van der Waals surface area contributed by atoms with Gasteiger partial charge >= 0.3 is 0 Å². The van der Waals surface area contributed by atoms with E-state index in [0.29, 0.717) is 11.5 Å². The first kappa shape index (κ1) is 15.0. The van der Waals surface area contributed by atoms with Crippen molar-refractivity contribution in [2.45, 2.75) is 26.2 Å². The Hall–Kier alpha value is -1.42. The first-order valence-corrected chi connectivity index (χ1v) is 7.46. The van der Waals surface area contributed by atoms with E-state index in [1.54, 1.807) is 12.1 Å². The Morgan fingerprint density at radius 1 is 1.40 bits per heavy atom. The van der Waals surface area contributed by atoms with Gasteiger partial charge in [0, 0.05) is 18.7 Å². The van der Waals surface area contributed by atoms with Gasteiger partial charge in [-0.05, 0) is 56.5 Å². The van der Waals surface area contributed by atoms with Gasteiger partial charge in [0.05, 0.1) is 0 Å². The lowest BCUT2D eigenvalue weighted by Crippen LogP contribution is -2.39. The van der Waals surface area contributed by atoms with Crippen LogP contribution in [-0.2, 0) is 0 Å². The molecule has 0 aliphatic carbocycles. The fourth-order valence-electron chi connectivity index (χ4n) is 2.73. The van der Waals surface area contributed by atoms with Crippen LogP contribution in [0.2, 0.25) is 0 Å². The molecule has 1 amide bonds. The van der Waals surface area contributed by atoms with E-state index in [0.717, 1.165) is 45.4 Å². The van der Waals surface area contributed by atoms with E-state index in [4.69, 9.17) is 0 Å². The minimum absolute atomic E-state index is 0.0510. The van der Waals surface area contributed by atoms with Crippen LogP contribution in [0.15, 0.2) is 24.3 Å². The molecule has 0 atom stereocenters. The number of amides is 1. The van der Waals surface area contributed by atoms with Crippen molar-refractivity contribution in [3.8, 4) is 0 Å². The van der Waals surface area contributed by atoms with Gasteiger partial charge in [0.15, 0.2) is 0 Å². The van der Waals surface area contributed by atoms with E-state index in [9.17, 15) is 9.18 Å². The van der Waals surface area contributed by atoms with Crippen LogP contribution in [0.25, 0.3) is 0 Å². The van der Waals surface area contributed by atoms with Crippen LogP contribution in [0.4, 0.5) is 4.39 Å². The summed E-state index contributed by atoms with van der Waals surface area (Å²) in [4.78, 5) is 14.4. The quantitative estimate of drug-likeness (QED) is 0.898. The summed E-state index contributed by atoms with van der Waals surface area (Å²) >= 11 is 0. The summed E-state index contributed by atoms with van der Waals surface area (Å²) in [7, 11) is 0. The van der Waals surface area contributed by atoms with E-state index in [1.807, 2.05) is 4.90 Å². The Balaban J connectivity index is 2.04. The van der Waals surface area contributed by atoms with E-state index >= 15 is 0 Å². The molecule has 2 rings (SSSR count). The number of rotatable bonds is 5. The molecule has 1 fully saturated rings. The average Bonchev–Trinajstić information content (AvgIpc) is 2.47. The van der Waals surface area contributed by atoms with Crippen molar-refractivity contribution in [1.29, 1.82) is 0 Å². The first-order valence-electron chi connectivity index (χ1n) is 7.46. The van der Waals surface area contributed by atoms with Crippen molar-refractivity contribution in [1.82, 2.24) is 10.2 Å². The lowest BCUT2D eigenvalue weighted by atomic mass is 9.97. The van der Waals surface area contributed by atoms with E-state index < -0.39 is 0 Å². The highest BCUT2D eigenvalue weighted by Crippen LogP contribution is 2.16. The first-order chi connectivity index (χ1) is 9.70. The summed E-state index contributed by atoms with van der Waals surface area (Å²) in [6, 6.07) is 5.98. The molecule has 0 spiro atoms. The van der Waals surface area contributed by atoms with Gasteiger partial charge in [-0.1, -0.05) is 13.0 Å². The maximum atomic E-state index is 13.3. The Kier molecular flexibility index (Phi) is 5.53. The summed E-state index contributed by atoms with van der Waals surface area (Å²) < 4.78 is 13.3. The van der Waals surface area contributed by atoms with Gasteiger partial charge < -0.3 is 10.2 Å². The summed E-state index contributed by atoms with van der Waals surface area (Å²) in [6.07, 6.45) is 3.14. The highest BCUT2D eigenvalue weighted by atomic mass is 19.1. The lowest BCUT2D eigenvalue weighted by Gasteiger charge is -2.30. The molecule has 0 bridgehead atoms. The highest BCUT2D eigenvalue weighted by Gasteiger charge is 2.21. The molecular weight excluding hydrogens is 255 g/mol.